The van der Waals surface area contributed by atoms with Crippen molar-refractivity contribution in [1.82, 2.24) is 9.38 Å². The van der Waals surface area contributed by atoms with Crippen molar-refractivity contribution in [3.8, 4) is 0 Å². The summed E-state index contributed by atoms with van der Waals surface area (Å²) in [6.07, 6.45) is 0. The van der Waals surface area contributed by atoms with Crippen LogP contribution in [-0.2, 0) is 0 Å². The van der Waals surface area contributed by atoms with Gasteiger partial charge in [0.05, 0.1) is 16.4 Å². The summed E-state index contributed by atoms with van der Waals surface area (Å²) in [5.74, 6) is 0. The van der Waals surface area contributed by atoms with Crippen LogP contribution in [0.2, 0.25) is 0 Å². The molecule has 3 nitrogen and oxygen atoms in total. The molecule has 0 atom stereocenters. The standard InChI is InChI=1S/C28H30N2O/c1-11-12(2)20(10)26-25(19(11)9)29-27-22-17(7)13(3)15(5)21-16(6)14(4)18(8)23(24(21)22)28(31)30(26)27/h1-10H3. The second-order valence-corrected chi connectivity index (χ2v) is 9.52. The molecule has 0 saturated carbocycles. The first-order valence-electron chi connectivity index (χ1n) is 11.1. The second-order valence-electron chi connectivity index (χ2n) is 9.52. The van der Waals surface area contributed by atoms with Gasteiger partial charge in [-0.2, -0.15) is 0 Å². The van der Waals surface area contributed by atoms with E-state index in [1.54, 1.807) is 0 Å². The Balaban J connectivity index is 2.32. The van der Waals surface area contributed by atoms with E-state index in [4.69, 9.17) is 4.98 Å². The molecule has 2 heterocycles. The van der Waals surface area contributed by atoms with Gasteiger partial charge in [0.2, 0.25) is 0 Å². The smallest absolute Gasteiger partial charge is 0.265 e. The highest BCUT2D eigenvalue weighted by atomic mass is 16.1. The zero-order chi connectivity index (χ0) is 22.7. The summed E-state index contributed by atoms with van der Waals surface area (Å²) in [4.78, 5) is 19.3. The zero-order valence-corrected chi connectivity index (χ0v) is 20.3. The summed E-state index contributed by atoms with van der Waals surface area (Å²) in [7, 11) is 0. The average molecular weight is 411 g/mol. The van der Waals surface area contributed by atoms with Gasteiger partial charge in [0.25, 0.3) is 5.56 Å². The molecule has 0 bridgehead atoms. The van der Waals surface area contributed by atoms with E-state index in [9.17, 15) is 4.79 Å². The second kappa shape index (κ2) is 6.06. The van der Waals surface area contributed by atoms with E-state index in [1.165, 1.54) is 49.9 Å². The lowest BCUT2D eigenvalue weighted by molar-refractivity contribution is 1.15. The van der Waals surface area contributed by atoms with Crippen LogP contribution in [-0.4, -0.2) is 9.38 Å². The molecule has 5 rings (SSSR count). The van der Waals surface area contributed by atoms with Crippen LogP contribution in [0.5, 0.6) is 0 Å². The summed E-state index contributed by atoms with van der Waals surface area (Å²) in [5, 5.41) is 4.30. The Morgan fingerprint density at radius 2 is 0.935 bits per heavy atom. The Bertz CT molecular complexity index is 1670. The van der Waals surface area contributed by atoms with E-state index in [1.807, 2.05) is 4.40 Å². The quantitative estimate of drug-likeness (QED) is 0.285. The monoisotopic (exact) mass is 410 g/mol. The fourth-order valence-corrected chi connectivity index (χ4v) is 5.69. The van der Waals surface area contributed by atoms with Gasteiger partial charge >= 0.3 is 0 Å². The SMILES string of the molecule is Cc1c(C)c(C)c2c(nc3c4c(C)c(C)c(C)c5c(C)c(C)c(C)c(c(=O)n32)c54)c1C. The van der Waals surface area contributed by atoms with E-state index in [-0.39, 0.29) is 5.56 Å². The van der Waals surface area contributed by atoms with Gasteiger partial charge in [0.1, 0.15) is 5.65 Å². The van der Waals surface area contributed by atoms with Crippen molar-refractivity contribution in [2.24, 2.45) is 0 Å². The van der Waals surface area contributed by atoms with Crippen molar-refractivity contribution in [2.75, 3.05) is 0 Å². The van der Waals surface area contributed by atoms with Crippen LogP contribution >= 0.6 is 0 Å². The highest BCUT2D eigenvalue weighted by Gasteiger charge is 2.25. The molecular formula is C28H30N2O. The van der Waals surface area contributed by atoms with Gasteiger partial charge in [0, 0.05) is 10.8 Å². The van der Waals surface area contributed by atoms with Gasteiger partial charge in [0.15, 0.2) is 0 Å². The molecule has 3 aromatic carbocycles. The van der Waals surface area contributed by atoms with E-state index in [0.717, 1.165) is 44.0 Å². The molecule has 0 amide bonds. The summed E-state index contributed by atoms with van der Waals surface area (Å²) in [6.45, 7) is 21.6. The normalized spacial score (nSPS) is 12.3. The summed E-state index contributed by atoms with van der Waals surface area (Å²) >= 11 is 0. The topological polar surface area (TPSA) is 34.4 Å². The van der Waals surface area contributed by atoms with Crippen molar-refractivity contribution in [3.63, 3.8) is 0 Å². The van der Waals surface area contributed by atoms with Gasteiger partial charge in [-0.05, 0) is 130 Å². The number of aryl methyl sites for hydroxylation is 6. The van der Waals surface area contributed by atoms with Crippen LogP contribution in [0.25, 0.3) is 38.2 Å². The fraction of sp³-hybridized carbons (Fsp3) is 0.357. The zero-order valence-electron chi connectivity index (χ0n) is 20.3. The number of hydrogen-bond donors (Lipinski definition) is 0. The minimum absolute atomic E-state index is 0.0593. The van der Waals surface area contributed by atoms with E-state index >= 15 is 0 Å². The molecular weight excluding hydrogens is 380 g/mol. The van der Waals surface area contributed by atoms with Crippen molar-refractivity contribution in [3.05, 3.63) is 66.0 Å². The lowest BCUT2D eigenvalue weighted by Gasteiger charge is -2.21. The predicted molar refractivity (Wildman–Crippen MR) is 133 cm³/mol. The third-order valence-corrected chi connectivity index (χ3v) is 8.42. The average Bonchev–Trinajstić information content (AvgIpc) is 3.14. The van der Waals surface area contributed by atoms with Crippen LogP contribution in [0.15, 0.2) is 4.79 Å². The Labute approximate surface area is 183 Å². The van der Waals surface area contributed by atoms with Crippen LogP contribution < -0.4 is 5.56 Å². The maximum atomic E-state index is 14.1. The van der Waals surface area contributed by atoms with Crippen LogP contribution in [0.3, 0.4) is 0 Å². The van der Waals surface area contributed by atoms with Crippen LogP contribution in [0.4, 0.5) is 0 Å². The number of rotatable bonds is 0. The van der Waals surface area contributed by atoms with Crippen LogP contribution in [0, 0.1) is 69.2 Å². The first kappa shape index (κ1) is 20.0. The number of benzene rings is 3. The summed E-state index contributed by atoms with van der Waals surface area (Å²) in [5.41, 5.74) is 14.9. The molecule has 0 fully saturated rings. The largest absolute Gasteiger partial charge is 0.268 e. The number of hydrogen-bond acceptors (Lipinski definition) is 2. The molecule has 0 N–H and O–H groups in total. The van der Waals surface area contributed by atoms with Gasteiger partial charge < -0.3 is 0 Å². The van der Waals surface area contributed by atoms with Crippen LogP contribution in [0.1, 0.15) is 55.6 Å². The highest BCUT2D eigenvalue weighted by molar-refractivity contribution is 6.20. The molecule has 0 aliphatic rings. The molecule has 0 saturated heterocycles. The third kappa shape index (κ3) is 2.14. The number of nitrogens with zero attached hydrogens (tertiary/aromatic N) is 2. The Hall–Kier alpha value is -2.94. The highest BCUT2D eigenvalue weighted by Crippen LogP contribution is 2.41. The molecule has 31 heavy (non-hydrogen) atoms. The molecule has 2 aromatic heterocycles. The van der Waals surface area contributed by atoms with E-state index in [0.29, 0.717) is 0 Å². The first-order chi connectivity index (χ1) is 14.5. The fourth-order valence-electron chi connectivity index (χ4n) is 5.69. The number of fused-ring (bicyclic) bond motifs is 4. The summed E-state index contributed by atoms with van der Waals surface area (Å²) < 4.78 is 1.91. The molecule has 0 radical (unpaired) electrons. The van der Waals surface area contributed by atoms with E-state index in [2.05, 4.69) is 69.2 Å². The predicted octanol–water partition coefficient (Wildman–Crippen LogP) is 6.68. The van der Waals surface area contributed by atoms with Crippen molar-refractivity contribution < 1.29 is 0 Å². The van der Waals surface area contributed by atoms with Crippen molar-refractivity contribution in [1.29, 1.82) is 0 Å². The van der Waals surface area contributed by atoms with E-state index < -0.39 is 0 Å². The van der Waals surface area contributed by atoms with Crippen molar-refractivity contribution >= 4 is 38.2 Å². The number of imidazole rings is 1. The van der Waals surface area contributed by atoms with Gasteiger partial charge in [-0.1, -0.05) is 0 Å². The maximum absolute atomic E-state index is 14.1. The Kier molecular flexibility index (Phi) is 3.91. The lowest BCUT2D eigenvalue weighted by atomic mass is 9.85. The molecule has 3 heteroatoms. The molecule has 0 aliphatic carbocycles. The summed E-state index contributed by atoms with van der Waals surface area (Å²) in [6, 6.07) is 0. The molecule has 5 aromatic rings. The number of aromatic nitrogens is 2. The Morgan fingerprint density at radius 3 is 1.52 bits per heavy atom. The molecule has 0 unspecified atom stereocenters. The molecule has 0 spiro atoms. The maximum Gasteiger partial charge on any atom is 0.265 e. The van der Waals surface area contributed by atoms with Gasteiger partial charge in [-0.15, -0.1) is 0 Å². The first-order valence-corrected chi connectivity index (χ1v) is 11.1. The Morgan fingerprint density at radius 1 is 0.484 bits per heavy atom. The minimum Gasteiger partial charge on any atom is -0.268 e. The molecule has 0 aliphatic heterocycles. The third-order valence-electron chi connectivity index (χ3n) is 8.42. The molecule has 158 valence electrons. The van der Waals surface area contributed by atoms with Gasteiger partial charge in [-0.3, -0.25) is 9.20 Å². The van der Waals surface area contributed by atoms with Crippen molar-refractivity contribution in [2.45, 2.75) is 69.2 Å². The lowest BCUT2D eigenvalue weighted by Crippen LogP contribution is -2.17. The minimum atomic E-state index is 0.0593. The van der Waals surface area contributed by atoms with Gasteiger partial charge in [-0.25, -0.2) is 4.98 Å². The number of pyridine rings is 1.